The average molecular weight is 311 g/mol. The smallest absolute Gasteiger partial charge is 0.233 e. The third-order valence-corrected chi connectivity index (χ3v) is 3.62. The second-order valence-corrected chi connectivity index (χ2v) is 5.31. The van der Waals surface area contributed by atoms with Crippen molar-refractivity contribution >= 4 is 11.6 Å². The normalized spacial score (nSPS) is 10.4. The summed E-state index contributed by atoms with van der Waals surface area (Å²) in [7, 11) is 0. The van der Waals surface area contributed by atoms with E-state index in [0.29, 0.717) is 18.9 Å². The van der Waals surface area contributed by atoms with Crippen LogP contribution in [0.5, 0.6) is 5.88 Å². The summed E-state index contributed by atoms with van der Waals surface area (Å²) < 4.78 is 5.62. The molecule has 3 nitrogen and oxygen atoms in total. The van der Waals surface area contributed by atoms with Crippen LogP contribution in [-0.2, 0) is 13.0 Å². The number of aromatic nitrogens is 2. The standard InChI is InChI=1S/C18H15ClN2O/c19-17-9-5-4-8-15(17)12-16-10-11-18(21-20-16)22-13-14-6-2-1-3-7-14/h1-11H,12-13H2. The van der Waals surface area contributed by atoms with Crippen molar-refractivity contribution in [1.29, 1.82) is 0 Å². The van der Waals surface area contributed by atoms with Crippen molar-refractivity contribution in [3.63, 3.8) is 0 Å². The zero-order valence-corrected chi connectivity index (χ0v) is 12.7. The summed E-state index contributed by atoms with van der Waals surface area (Å²) in [6, 6.07) is 21.5. The van der Waals surface area contributed by atoms with Crippen LogP contribution in [0, 0.1) is 0 Å². The number of halogens is 1. The SMILES string of the molecule is Clc1ccccc1Cc1ccc(OCc2ccccc2)nn1. The summed E-state index contributed by atoms with van der Waals surface area (Å²) in [5, 5.41) is 9.04. The van der Waals surface area contributed by atoms with E-state index in [-0.39, 0.29) is 0 Å². The van der Waals surface area contributed by atoms with Gasteiger partial charge in [-0.2, -0.15) is 5.10 Å². The van der Waals surface area contributed by atoms with E-state index < -0.39 is 0 Å². The van der Waals surface area contributed by atoms with Gasteiger partial charge in [0.1, 0.15) is 6.61 Å². The van der Waals surface area contributed by atoms with E-state index in [0.717, 1.165) is 21.8 Å². The van der Waals surface area contributed by atoms with Crippen LogP contribution in [-0.4, -0.2) is 10.2 Å². The molecule has 0 aliphatic carbocycles. The fourth-order valence-electron chi connectivity index (χ4n) is 2.09. The number of hydrogen-bond acceptors (Lipinski definition) is 3. The van der Waals surface area contributed by atoms with Crippen LogP contribution in [0.3, 0.4) is 0 Å². The number of nitrogens with zero attached hydrogens (tertiary/aromatic N) is 2. The Hall–Kier alpha value is -2.39. The van der Waals surface area contributed by atoms with Crippen molar-refractivity contribution in [1.82, 2.24) is 10.2 Å². The van der Waals surface area contributed by atoms with Gasteiger partial charge < -0.3 is 4.74 Å². The molecule has 0 aliphatic heterocycles. The highest BCUT2D eigenvalue weighted by molar-refractivity contribution is 6.31. The minimum atomic E-state index is 0.485. The van der Waals surface area contributed by atoms with Crippen LogP contribution in [0.1, 0.15) is 16.8 Å². The van der Waals surface area contributed by atoms with Gasteiger partial charge in [0.25, 0.3) is 0 Å². The van der Waals surface area contributed by atoms with Crippen LogP contribution < -0.4 is 4.74 Å². The zero-order valence-electron chi connectivity index (χ0n) is 11.9. The molecule has 3 aromatic rings. The molecular formula is C18H15ClN2O. The van der Waals surface area contributed by atoms with E-state index in [1.54, 1.807) is 0 Å². The van der Waals surface area contributed by atoms with Crippen molar-refractivity contribution in [3.05, 3.63) is 88.6 Å². The predicted octanol–water partition coefficient (Wildman–Crippen LogP) is 4.30. The first-order valence-corrected chi connectivity index (χ1v) is 7.42. The highest BCUT2D eigenvalue weighted by Gasteiger charge is 2.04. The number of ether oxygens (including phenoxy) is 1. The lowest BCUT2D eigenvalue weighted by molar-refractivity contribution is 0.290. The summed E-state index contributed by atoms with van der Waals surface area (Å²) in [4.78, 5) is 0. The van der Waals surface area contributed by atoms with Crippen molar-refractivity contribution in [2.24, 2.45) is 0 Å². The summed E-state index contributed by atoms with van der Waals surface area (Å²) in [5.74, 6) is 0.520. The third-order valence-electron chi connectivity index (χ3n) is 3.25. The molecular weight excluding hydrogens is 296 g/mol. The minimum Gasteiger partial charge on any atom is -0.472 e. The Labute approximate surface area is 134 Å². The van der Waals surface area contributed by atoms with Gasteiger partial charge in [-0.15, -0.1) is 5.10 Å². The maximum atomic E-state index is 6.15. The van der Waals surface area contributed by atoms with Gasteiger partial charge in [0, 0.05) is 17.5 Å². The fraction of sp³-hybridized carbons (Fsp3) is 0.111. The summed E-state index contributed by atoms with van der Waals surface area (Å²) in [6.07, 6.45) is 0.658. The van der Waals surface area contributed by atoms with Gasteiger partial charge in [-0.3, -0.25) is 0 Å². The molecule has 3 rings (SSSR count). The van der Waals surface area contributed by atoms with E-state index in [2.05, 4.69) is 10.2 Å². The van der Waals surface area contributed by atoms with Gasteiger partial charge in [0.15, 0.2) is 0 Å². The van der Waals surface area contributed by atoms with E-state index in [9.17, 15) is 0 Å². The molecule has 0 saturated carbocycles. The van der Waals surface area contributed by atoms with Gasteiger partial charge >= 0.3 is 0 Å². The summed E-state index contributed by atoms with van der Waals surface area (Å²) in [5.41, 5.74) is 3.00. The maximum absolute atomic E-state index is 6.15. The molecule has 1 aromatic heterocycles. The Balaban J connectivity index is 1.62. The molecule has 0 radical (unpaired) electrons. The molecule has 0 amide bonds. The lowest BCUT2D eigenvalue weighted by Gasteiger charge is -2.06. The molecule has 110 valence electrons. The Morgan fingerprint density at radius 1 is 0.818 bits per heavy atom. The zero-order chi connectivity index (χ0) is 15.2. The summed E-state index contributed by atoms with van der Waals surface area (Å²) >= 11 is 6.15. The molecule has 0 bridgehead atoms. The van der Waals surface area contributed by atoms with Gasteiger partial charge in [-0.1, -0.05) is 60.1 Å². The Bertz CT molecular complexity index is 730. The number of hydrogen-bond donors (Lipinski definition) is 0. The second-order valence-electron chi connectivity index (χ2n) is 4.91. The van der Waals surface area contributed by atoms with E-state index >= 15 is 0 Å². The molecule has 0 unspecified atom stereocenters. The van der Waals surface area contributed by atoms with Gasteiger partial charge in [0.05, 0.1) is 5.69 Å². The Kier molecular flexibility index (Phi) is 4.66. The topological polar surface area (TPSA) is 35.0 Å². The highest BCUT2D eigenvalue weighted by atomic mass is 35.5. The first kappa shape index (κ1) is 14.5. The van der Waals surface area contributed by atoms with Crippen molar-refractivity contribution in [2.75, 3.05) is 0 Å². The molecule has 0 atom stereocenters. The molecule has 0 aliphatic rings. The fourth-order valence-corrected chi connectivity index (χ4v) is 2.29. The van der Waals surface area contributed by atoms with Gasteiger partial charge in [-0.25, -0.2) is 0 Å². The lowest BCUT2D eigenvalue weighted by Crippen LogP contribution is -2.00. The van der Waals surface area contributed by atoms with Crippen molar-refractivity contribution in [2.45, 2.75) is 13.0 Å². The largest absolute Gasteiger partial charge is 0.472 e. The first-order valence-electron chi connectivity index (χ1n) is 7.04. The number of benzene rings is 2. The predicted molar refractivity (Wildman–Crippen MR) is 87.1 cm³/mol. The Morgan fingerprint density at radius 3 is 2.32 bits per heavy atom. The van der Waals surface area contributed by atoms with Crippen molar-refractivity contribution in [3.8, 4) is 5.88 Å². The lowest BCUT2D eigenvalue weighted by atomic mass is 10.1. The molecule has 0 N–H and O–H groups in total. The molecule has 22 heavy (non-hydrogen) atoms. The monoisotopic (exact) mass is 310 g/mol. The van der Waals surface area contributed by atoms with E-state index in [4.69, 9.17) is 16.3 Å². The molecule has 0 fully saturated rings. The van der Waals surface area contributed by atoms with Crippen LogP contribution in [0.2, 0.25) is 5.02 Å². The minimum absolute atomic E-state index is 0.485. The molecule has 0 spiro atoms. The van der Waals surface area contributed by atoms with Crippen LogP contribution in [0.4, 0.5) is 0 Å². The van der Waals surface area contributed by atoms with E-state index in [1.165, 1.54) is 0 Å². The quantitative estimate of drug-likeness (QED) is 0.704. The van der Waals surface area contributed by atoms with Crippen LogP contribution >= 0.6 is 11.6 Å². The Morgan fingerprint density at radius 2 is 1.59 bits per heavy atom. The maximum Gasteiger partial charge on any atom is 0.233 e. The van der Waals surface area contributed by atoms with Gasteiger partial charge in [-0.05, 0) is 23.3 Å². The van der Waals surface area contributed by atoms with Crippen LogP contribution in [0.25, 0.3) is 0 Å². The third kappa shape index (κ3) is 3.83. The van der Waals surface area contributed by atoms with E-state index in [1.807, 2.05) is 66.7 Å². The highest BCUT2D eigenvalue weighted by Crippen LogP contribution is 2.18. The molecule has 1 heterocycles. The summed E-state index contributed by atoms with van der Waals surface area (Å²) in [6.45, 7) is 0.485. The van der Waals surface area contributed by atoms with Gasteiger partial charge in [0.2, 0.25) is 5.88 Å². The first-order chi connectivity index (χ1) is 10.8. The van der Waals surface area contributed by atoms with Crippen LogP contribution in [0.15, 0.2) is 66.7 Å². The second kappa shape index (κ2) is 7.05. The average Bonchev–Trinajstić information content (AvgIpc) is 2.57. The molecule has 4 heteroatoms. The van der Waals surface area contributed by atoms with Crippen molar-refractivity contribution < 1.29 is 4.74 Å². The molecule has 2 aromatic carbocycles. The number of rotatable bonds is 5. The molecule has 0 saturated heterocycles.